The maximum absolute atomic E-state index is 12.2. The Morgan fingerprint density at radius 1 is 1.32 bits per heavy atom. The van der Waals surface area contributed by atoms with Gasteiger partial charge in [0.2, 0.25) is 5.91 Å². The van der Waals surface area contributed by atoms with Crippen LogP contribution in [0.1, 0.15) is 47.0 Å². The zero-order chi connectivity index (χ0) is 14.2. The first kappa shape index (κ1) is 14.8. The SMILES string of the molecule is CC(C(=O)NC(C)(C)C)N1CC2CCCC(N)C2C1. The molecule has 1 saturated heterocycles. The second-order valence-corrected chi connectivity index (χ2v) is 7.39. The van der Waals surface area contributed by atoms with Crippen LogP contribution in [0.3, 0.4) is 0 Å². The summed E-state index contributed by atoms with van der Waals surface area (Å²) in [6, 6.07) is 0.290. The topological polar surface area (TPSA) is 58.4 Å². The van der Waals surface area contributed by atoms with Gasteiger partial charge in [-0.1, -0.05) is 6.42 Å². The van der Waals surface area contributed by atoms with Crippen LogP contribution in [0.4, 0.5) is 0 Å². The lowest BCUT2D eigenvalue weighted by atomic mass is 9.78. The highest BCUT2D eigenvalue weighted by Crippen LogP contribution is 2.36. The van der Waals surface area contributed by atoms with Gasteiger partial charge in [0.1, 0.15) is 0 Å². The number of carbonyl (C=O) groups excluding carboxylic acids is 1. The summed E-state index contributed by atoms with van der Waals surface area (Å²) in [4.78, 5) is 14.6. The van der Waals surface area contributed by atoms with Gasteiger partial charge >= 0.3 is 0 Å². The first-order chi connectivity index (χ1) is 8.78. The highest BCUT2D eigenvalue weighted by Gasteiger charge is 2.41. The molecule has 0 aromatic carbocycles. The standard InChI is InChI=1S/C15H29N3O/c1-10(14(19)17-15(2,3)4)18-8-11-6-5-7-13(16)12(11)9-18/h10-13H,5-9,16H2,1-4H3,(H,17,19). The summed E-state index contributed by atoms with van der Waals surface area (Å²) in [7, 11) is 0. The Hall–Kier alpha value is -0.610. The van der Waals surface area contributed by atoms with Gasteiger partial charge in [-0.25, -0.2) is 0 Å². The molecule has 2 fully saturated rings. The van der Waals surface area contributed by atoms with E-state index in [1.54, 1.807) is 0 Å². The van der Waals surface area contributed by atoms with Gasteiger partial charge < -0.3 is 11.1 Å². The van der Waals surface area contributed by atoms with E-state index < -0.39 is 0 Å². The number of likely N-dealkylation sites (tertiary alicyclic amines) is 1. The van der Waals surface area contributed by atoms with Crippen molar-refractivity contribution in [2.24, 2.45) is 17.6 Å². The predicted octanol–water partition coefficient (Wildman–Crippen LogP) is 1.35. The molecule has 3 N–H and O–H groups in total. The molecular weight excluding hydrogens is 238 g/mol. The maximum Gasteiger partial charge on any atom is 0.237 e. The molecule has 0 aromatic heterocycles. The second-order valence-electron chi connectivity index (χ2n) is 7.39. The fourth-order valence-electron chi connectivity index (χ4n) is 3.51. The van der Waals surface area contributed by atoms with E-state index in [1.165, 1.54) is 12.8 Å². The van der Waals surface area contributed by atoms with E-state index in [-0.39, 0.29) is 17.5 Å². The molecule has 4 nitrogen and oxygen atoms in total. The fraction of sp³-hybridized carbons (Fsp3) is 0.933. The normalized spacial score (nSPS) is 33.8. The molecule has 4 atom stereocenters. The number of amides is 1. The Bertz CT molecular complexity index is 337. The molecule has 0 bridgehead atoms. The zero-order valence-electron chi connectivity index (χ0n) is 12.8. The van der Waals surface area contributed by atoms with Crippen molar-refractivity contribution < 1.29 is 4.79 Å². The minimum absolute atomic E-state index is 0.0444. The summed E-state index contributed by atoms with van der Waals surface area (Å²) in [5, 5.41) is 3.08. The van der Waals surface area contributed by atoms with Crippen LogP contribution in [0.5, 0.6) is 0 Å². The maximum atomic E-state index is 12.2. The highest BCUT2D eigenvalue weighted by atomic mass is 16.2. The number of fused-ring (bicyclic) bond motifs is 1. The average Bonchev–Trinajstić information content (AvgIpc) is 2.71. The van der Waals surface area contributed by atoms with Gasteiger partial charge in [-0.2, -0.15) is 0 Å². The van der Waals surface area contributed by atoms with Crippen molar-refractivity contribution >= 4 is 5.91 Å². The van der Waals surface area contributed by atoms with E-state index in [2.05, 4.69) is 10.2 Å². The fourth-order valence-corrected chi connectivity index (χ4v) is 3.51. The monoisotopic (exact) mass is 267 g/mol. The van der Waals surface area contributed by atoms with Gasteiger partial charge in [0.15, 0.2) is 0 Å². The van der Waals surface area contributed by atoms with E-state index in [0.717, 1.165) is 19.5 Å². The molecule has 0 radical (unpaired) electrons. The molecule has 1 amide bonds. The first-order valence-corrected chi connectivity index (χ1v) is 7.59. The van der Waals surface area contributed by atoms with Gasteiger partial charge in [-0.15, -0.1) is 0 Å². The Balaban J connectivity index is 1.94. The number of rotatable bonds is 2. The summed E-state index contributed by atoms with van der Waals surface area (Å²) >= 11 is 0. The van der Waals surface area contributed by atoms with Crippen LogP contribution in [0.25, 0.3) is 0 Å². The van der Waals surface area contributed by atoms with Crippen LogP contribution in [-0.4, -0.2) is 41.5 Å². The van der Waals surface area contributed by atoms with Gasteiger partial charge in [-0.3, -0.25) is 9.69 Å². The number of nitrogens with one attached hydrogen (secondary N) is 1. The Morgan fingerprint density at radius 3 is 2.58 bits per heavy atom. The molecule has 0 spiro atoms. The molecular formula is C15H29N3O. The Morgan fingerprint density at radius 2 is 2.00 bits per heavy atom. The van der Waals surface area contributed by atoms with Gasteiger partial charge in [0.05, 0.1) is 6.04 Å². The lowest BCUT2D eigenvalue weighted by Crippen LogP contribution is -2.50. The number of hydrogen-bond acceptors (Lipinski definition) is 3. The number of carbonyl (C=O) groups is 1. The van der Waals surface area contributed by atoms with Crippen LogP contribution < -0.4 is 11.1 Å². The second kappa shape index (κ2) is 5.41. The molecule has 1 aliphatic heterocycles. The smallest absolute Gasteiger partial charge is 0.237 e. The van der Waals surface area contributed by atoms with Gasteiger partial charge in [0.25, 0.3) is 0 Å². The van der Waals surface area contributed by atoms with E-state index in [4.69, 9.17) is 5.73 Å². The van der Waals surface area contributed by atoms with Crippen molar-refractivity contribution in [2.75, 3.05) is 13.1 Å². The largest absolute Gasteiger partial charge is 0.350 e. The van der Waals surface area contributed by atoms with Crippen LogP contribution in [-0.2, 0) is 4.79 Å². The van der Waals surface area contributed by atoms with Gasteiger partial charge in [-0.05, 0) is 52.4 Å². The van der Waals surface area contributed by atoms with Crippen LogP contribution in [0.15, 0.2) is 0 Å². The molecule has 1 heterocycles. The van der Waals surface area contributed by atoms with E-state index in [9.17, 15) is 4.79 Å². The molecule has 1 saturated carbocycles. The lowest BCUT2D eigenvalue weighted by molar-refractivity contribution is -0.127. The molecule has 4 heteroatoms. The molecule has 0 aromatic rings. The lowest BCUT2D eigenvalue weighted by Gasteiger charge is -2.30. The first-order valence-electron chi connectivity index (χ1n) is 7.59. The highest BCUT2D eigenvalue weighted by molar-refractivity contribution is 5.82. The van der Waals surface area contributed by atoms with Crippen molar-refractivity contribution in [2.45, 2.75) is 64.6 Å². The van der Waals surface area contributed by atoms with Gasteiger partial charge in [0, 0.05) is 24.7 Å². The number of nitrogens with zero attached hydrogens (tertiary/aromatic N) is 1. The van der Waals surface area contributed by atoms with Crippen molar-refractivity contribution in [1.29, 1.82) is 0 Å². The zero-order valence-corrected chi connectivity index (χ0v) is 12.8. The molecule has 110 valence electrons. The summed E-state index contributed by atoms with van der Waals surface area (Å²) in [5.41, 5.74) is 6.07. The minimum atomic E-state index is -0.159. The predicted molar refractivity (Wildman–Crippen MR) is 77.7 cm³/mol. The van der Waals surface area contributed by atoms with Crippen molar-refractivity contribution in [3.05, 3.63) is 0 Å². The third-order valence-electron chi connectivity index (χ3n) is 4.61. The molecule has 1 aliphatic carbocycles. The molecule has 4 unspecified atom stereocenters. The van der Waals surface area contributed by atoms with Crippen LogP contribution >= 0.6 is 0 Å². The molecule has 2 rings (SSSR count). The third kappa shape index (κ3) is 3.48. The van der Waals surface area contributed by atoms with Crippen molar-refractivity contribution in [3.8, 4) is 0 Å². The van der Waals surface area contributed by atoms with E-state index in [1.807, 2.05) is 27.7 Å². The molecule has 2 aliphatic rings. The van der Waals surface area contributed by atoms with Crippen molar-refractivity contribution in [1.82, 2.24) is 10.2 Å². The molecule has 19 heavy (non-hydrogen) atoms. The summed E-state index contributed by atoms with van der Waals surface area (Å²) < 4.78 is 0. The summed E-state index contributed by atoms with van der Waals surface area (Å²) in [6.45, 7) is 10.1. The minimum Gasteiger partial charge on any atom is -0.350 e. The summed E-state index contributed by atoms with van der Waals surface area (Å²) in [5.74, 6) is 1.44. The van der Waals surface area contributed by atoms with Crippen molar-refractivity contribution in [3.63, 3.8) is 0 Å². The average molecular weight is 267 g/mol. The Kier molecular flexibility index (Phi) is 4.21. The van der Waals surface area contributed by atoms with Crippen LogP contribution in [0.2, 0.25) is 0 Å². The van der Waals surface area contributed by atoms with E-state index in [0.29, 0.717) is 17.9 Å². The van der Waals surface area contributed by atoms with E-state index >= 15 is 0 Å². The summed E-state index contributed by atoms with van der Waals surface area (Å²) in [6.07, 6.45) is 3.68. The quantitative estimate of drug-likeness (QED) is 0.794. The number of nitrogens with two attached hydrogens (primary N) is 1. The van der Waals surface area contributed by atoms with Crippen LogP contribution in [0, 0.1) is 11.8 Å². The Labute approximate surface area is 117 Å². The number of hydrogen-bond donors (Lipinski definition) is 2. The third-order valence-corrected chi connectivity index (χ3v) is 4.61.